The summed E-state index contributed by atoms with van der Waals surface area (Å²) in [5.41, 5.74) is 4.56. The van der Waals surface area contributed by atoms with Gasteiger partial charge in [-0.15, -0.1) is 5.10 Å². The molecule has 8 nitrogen and oxygen atoms in total. The Morgan fingerprint density at radius 2 is 1.65 bits per heavy atom. The van der Waals surface area contributed by atoms with Crippen LogP contribution in [0.4, 0.5) is 26.1 Å². The third-order valence-corrected chi connectivity index (χ3v) is 8.09. The van der Waals surface area contributed by atoms with Gasteiger partial charge in [-0.2, -0.15) is 0 Å². The first kappa shape index (κ1) is 26.3. The summed E-state index contributed by atoms with van der Waals surface area (Å²) in [6, 6.07) is 18.3. The van der Waals surface area contributed by atoms with E-state index in [-0.39, 0.29) is 12.8 Å². The Balaban J connectivity index is 1.16. The van der Waals surface area contributed by atoms with Crippen LogP contribution in [0.3, 0.4) is 0 Å². The summed E-state index contributed by atoms with van der Waals surface area (Å²) in [6.45, 7) is 2.74. The number of piperidine rings is 2. The summed E-state index contributed by atoms with van der Waals surface area (Å²) in [6.07, 6.45) is 3.66. The van der Waals surface area contributed by atoms with E-state index in [1.165, 1.54) is 0 Å². The predicted molar refractivity (Wildman–Crippen MR) is 152 cm³/mol. The molecule has 2 aliphatic rings. The maximum absolute atomic E-state index is 13.6. The molecule has 0 saturated carbocycles. The number of nitrogens with one attached hydrogen (secondary N) is 1. The molecule has 2 aliphatic heterocycles. The van der Waals surface area contributed by atoms with E-state index in [4.69, 9.17) is 14.6 Å². The van der Waals surface area contributed by atoms with E-state index in [1.807, 2.05) is 53.0 Å². The van der Waals surface area contributed by atoms with Crippen LogP contribution in [0.1, 0.15) is 25.7 Å². The molecule has 40 heavy (non-hydrogen) atoms. The lowest BCUT2D eigenvalue weighted by Gasteiger charge is -2.42. The third kappa shape index (κ3) is 5.28. The topological polar surface area (TPSA) is 67.2 Å². The lowest BCUT2D eigenvalue weighted by Crippen LogP contribution is -2.49. The number of anilines is 3. The predicted octanol–water partition coefficient (Wildman–Crippen LogP) is 5.86. The van der Waals surface area contributed by atoms with E-state index in [9.17, 15) is 8.78 Å². The Hall–Kier alpha value is -3.92. The fourth-order valence-corrected chi connectivity index (χ4v) is 5.82. The van der Waals surface area contributed by atoms with Crippen LogP contribution in [-0.4, -0.2) is 71.9 Å². The van der Waals surface area contributed by atoms with Gasteiger partial charge in [0, 0.05) is 62.4 Å². The lowest BCUT2D eigenvalue weighted by molar-refractivity contribution is -0.0646. The second kappa shape index (κ2) is 10.9. The molecule has 0 bridgehead atoms. The van der Waals surface area contributed by atoms with Gasteiger partial charge in [-0.05, 0) is 49.2 Å². The smallest absolute Gasteiger partial charge is 0.250 e. The molecule has 2 aromatic carbocycles. The van der Waals surface area contributed by atoms with Gasteiger partial charge in [0.05, 0.1) is 37.3 Å². The Bertz CT molecular complexity index is 1470. The molecule has 2 saturated heterocycles. The Morgan fingerprint density at radius 3 is 2.40 bits per heavy atom. The fourth-order valence-electron chi connectivity index (χ4n) is 5.82. The molecule has 0 spiro atoms. The minimum atomic E-state index is -2.50. The van der Waals surface area contributed by atoms with Gasteiger partial charge in [-0.1, -0.05) is 12.1 Å². The summed E-state index contributed by atoms with van der Waals surface area (Å²) in [4.78, 5) is 9.10. The molecule has 10 heteroatoms. The second-order valence-corrected chi connectivity index (χ2v) is 10.5. The number of alkyl halides is 2. The highest BCUT2D eigenvalue weighted by atomic mass is 19.3. The van der Waals surface area contributed by atoms with Gasteiger partial charge in [-0.25, -0.2) is 18.3 Å². The van der Waals surface area contributed by atoms with Gasteiger partial charge in [-0.3, -0.25) is 4.90 Å². The van der Waals surface area contributed by atoms with Crippen molar-refractivity contribution in [1.82, 2.24) is 19.5 Å². The van der Waals surface area contributed by atoms with Crippen molar-refractivity contribution in [3.05, 3.63) is 60.8 Å². The number of rotatable bonds is 7. The molecule has 0 unspecified atom stereocenters. The molecule has 0 radical (unpaired) electrons. The summed E-state index contributed by atoms with van der Waals surface area (Å²) >= 11 is 0. The van der Waals surface area contributed by atoms with Crippen LogP contribution in [0.15, 0.2) is 60.8 Å². The van der Waals surface area contributed by atoms with E-state index in [0.29, 0.717) is 30.8 Å². The molecule has 210 valence electrons. The van der Waals surface area contributed by atoms with Crippen molar-refractivity contribution in [2.75, 3.05) is 50.6 Å². The van der Waals surface area contributed by atoms with Gasteiger partial charge in [0.2, 0.25) is 5.95 Å². The van der Waals surface area contributed by atoms with Crippen LogP contribution in [0, 0.1) is 0 Å². The second-order valence-electron chi connectivity index (χ2n) is 10.5. The van der Waals surface area contributed by atoms with Crippen LogP contribution in [0.25, 0.3) is 16.8 Å². The highest BCUT2D eigenvalue weighted by molar-refractivity contribution is 5.72. The van der Waals surface area contributed by atoms with Gasteiger partial charge in [0.1, 0.15) is 11.5 Å². The van der Waals surface area contributed by atoms with Gasteiger partial charge < -0.3 is 19.7 Å². The Kier molecular flexibility index (Phi) is 7.18. The van der Waals surface area contributed by atoms with Crippen LogP contribution < -0.4 is 19.7 Å². The number of likely N-dealkylation sites (tertiary alicyclic amines) is 1. The van der Waals surface area contributed by atoms with Crippen LogP contribution >= 0.6 is 0 Å². The van der Waals surface area contributed by atoms with Gasteiger partial charge in [0.25, 0.3) is 5.92 Å². The van der Waals surface area contributed by atoms with Crippen molar-refractivity contribution < 1.29 is 18.3 Å². The lowest BCUT2D eigenvalue weighted by atomic mass is 9.98. The van der Waals surface area contributed by atoms with Crippen LogP contribution in [0.2, 0.25) is 0 Å². The first-order valence-electron chi connectivity index (χ1n) is 13.7. The zero-order chi connectivity index (χ0) is 27.7. The summed E-state index contributed by atoms with van der Waals surface area (Å²) in [5, 5.41) is 8.07. The third-order valence-electron chi connectivity index (χ3n) is 8.09. The molecular formula is C30H34F2N6O2. The molecule has 2 aromatic heterocycles. The van der Waals surface area contributed by atoms with E-state index in [1.54, 1.807) is 20.4 Å². The SMILES string of the molecule is COc1cc(N2CCC(N3CCC(F)(F)CC3)CC2)ccc1Nc1ncc2ccc(-c3ccccc3OC)n2n1. The first-order chi connectivity index (χ1) is 19.4. The van der Waals surface area contributed by atoms with Gasteiger partial charge >= 0.3 is 0 Å². The summed E-state index contributed by atoms with van der Waals surface area (Å²) in [5.74, 6) is -0.591. The molecule has 2 fully saturated rings. The minimum Gasteiger partial charge on any atom is -0.496 e. The van der Waals surface area contributed by atoms with Crippen LogP contribution in [0.5, 0.6) is 11.5 Å². The number of halogens is 2. The Labute approximate surface area is 232 Å². The highest BCUT2D eigenvalue weighted by Gasteiger charge is 2.37. The van der Waals surface area contributed by atoms with Crippen molar-refractivity contribution >= 4 is 22.8 Å². The normalized spacial score (nSPS) is 18.1. The molecule has 0 atom stereocenters. The average molecular weight is 549 g/mol. The molecule has 0 aliphatic carbocycles. The van der Waals surface area contributed by atoms with Crippen molar-refractivity contribution in [3.63, 3.8) is 0 Å². The van der Waals surface area contributed by atoms with Crippen molar-refractivity contribution in [3.8, 4) is 22.8 Å². The number of benzene rings is 2. The molecule has 1 N–H and O–H groups in total. The van der Waals surface area contributed by atoms with Crippen molar-refractivity contribution in [2.45, 2.75) is 37.6 Å². The average Bonchev–Trinajstić information content (AvgIpc) is 3.40. The van der Waals surface area contributed by atoms with Crippen molar-refractivity contribution in [2.24, 2.45) is 0 Å². The fraction of sp³-hybridized carbons (Fsp3) is 0.400. The van der Waals surface area contributed by atoms with Crippen LogP contribution in [-0.2, 0) is 0 Å². The largest absolute Gasteiger partial charge is 0.496 e. The Morgan fingerprint density at radius 1 is 0.900 bits per heavy atom. The quantitative estimate of drug-likeness (QED) is 0.310. The standard InChI is InChI=1S/C30H34F2N6O2/c1-39-27-6-4-3-5-24(27)26-10-8-23-20-33-29(35-38(23)26)34-25-9-7-22(19-28(25)40-2)36-15-11-21(12-16-36)37-17-13-30(31,32)14-18-37/h3-10,19-21H,11-18H2,1-2H3,(H,34,35). The molecular weight excluding hydrogens is 514 g/mol. The minimum absolute atomic E-state index is 0.0262. The highest BCUT2D eigenvalue weighted by Crippen LogP contribution is 2.35. The summed E-state index contributed by atoms with van der Waals surface area (Å²) in [7, 11) is 3.31. The number of hydrogen-bond donors (Lipinski definition) is 1. The number of ether oxygens (including phenoxy) is 2. The zero-order valence-electron chi connectivity index (χ0n) is 22.8. The number of nitrogens with zero attached hydrogens (tertiary/aromatic N) is 5. The maximum Gasteiger partial charge on any atom is 0.250 e. The van der Waals surface area contributed by atoms with Crippen molar-refractivity contribution in [1.29, 1.82) is 0 Å². The van der Waals surface area contributed by atoms with E-state index in [2.05, 4.69) is 26.2 Å². The number of hydrogen-bond acceptors (Lipinski definition) is 7. The van der Waals surface area contributed by atoms with E-state index in [0.717, 1.165) is 59.8 Å². The monoisotopic (exact) mass is 548 g/mol. The van der Waals surface area contributed by atoms with Gasteiger partial charge in [0.15, 0.2) is 0 Å². The van der Waals surface area contributed by atoms with E-state index < -0.39 is 5.92 Å². The zero-order valence-corrected chi connectivity index (χ0v) is 22.8. The number of fused-ring (bicyclic) bond motifs is 1. The molecule has 4 aromatic rings. The number of methoxy groups -OCH3 is 2. The number of para-hydroxylation sites is 1. The number of aromatic nitrogens is 3. The molecule has 4 heterocycles. The molecule has 6 rings (SSSR count). The van der Waals surface area contributed by atoms with E-state index >= 15 is 0 Å². The first-order valence-corrected chi connectivity index (χ1v) is 13.7. The summed E-state index contributed by atoms with van der Waals surface area (Å²) < 4.78 is 40.3. The molecule has 0 amide bonds. The maximum atomic E-state index is 13.6.